The smallest absolute Gasteiger partial charge is 0.472 e. The standard InChI is InChI=1S/C21H20Br4O2.C11H7Br5O2.C10H12Br4O4.C9H7Br3O.C6H8Br2O2.C5H8ClO6P.C3H5BrO/c1-5-7-26-19-15(22)9-13(10-16(19)23)21(3,4)14-11-17(24)20(18(25)12-14)27-8-6-2;1-4(2)5(17)3-18-11-9(15)7(13)6(12)8(14)10(11)16;11-3-7(13)5-17-9(15)1-2-10(16)18-6-8(14)4-12;1-2-3-13-9-7(11)4-6(10)5-8(9)12;1-2-6(9)10-4-5(8)3-7;1-2-4(7)11-5(3-6)12-13(8,9)10;4-1-3-2-5-3/h5-6,9-12H,1-2,7-8H2,3-4H3;1,3H2,2H3;1-2,7-8H,3-6H2;2,4-5H,1,3H2;2,5H,1,3-4H2;2,5H,1,3H2,(H2,8,9,10);3H,1-2H2. The van der Waals surface area contributed by atoms with Gasteiger partial charge in [0.15, 0.2) is 18.1 Å². The van der Waals surface area contributed by atoms with E-state index in [9.17, 15) is 28.5 Å². The summed E-state index contributed by atoms with van der Waals surface area (Å²) in [6.45, 7) is 30.1. The molecule has 580 valence electrons. The van der Waals surface area contributed by atoms with Crippen LogP contribution in [0.25, 0.3) is 0 Å². The van der Waals surface area contributed by atoms with Gasteiger partial charge in [-0.2, -0.15) is 0 Å². The summed E-state index contributed by atoms with van der Waals surface area (Å²) in [5, 5.41) is 3.11. The van der Waals surface area contributed by atoms with Crippen LogP contribution in [0.4, 0.5) is 0 Å². The van der Waals surface area contributed by atoms with Gasteiger partial charge >= 0.3 is 31.7 Å². The number of Topliss-reactive ketones (excluding diaryl/α,β-unsaturated/α-hetero) is 1. The van der Waals surface area contributed by atoms with Crippen LogP contribution in [0.1, 0.15) is 31.9 Å². The number of ether oxygens (including phenoxy) is 9. The predicted molar refractivity (Wildman–Crippen MR) is 482 cm³/mol. The van der Waals surface area contributed by atoms with Gasteiger partial charge in [-0.15, -0.1) is 11.6 Å². The molecule has 0 radical (unpaired) electrons. The Kier molecular flexibility index (Phi) is 61.8. The van der Waals surface area contributed by atoms with Gasteiger partial charge in [0.05, 0.1) is 77.8 Å². The summed E-state index contributed by atoms with van der Waals surface area (Å²) in [5.41, 5.74) is 2.51. The second-order valence-electron chi connectivity index (χ2n) is 19.7. The summed E-state index contributed by atoms with van der Waals surface area (Å²) in [5.74, 6) is -0.0513. The number of phosphoric acid groups is 1. The second-order valence-corrected chi connectivity index (χ2v) is 37.6. The summed E-state index contributed by atoms with van der Waals surface area (Å²) in [4.78, 5) is 71.8. The third-order valence-electron chi connectivity index (χ3n) is 11.0. The topological polar surface area (TPSA) is 238 Å². The van der Waals surface area contributed by atoms with Crippen molar-refractivity contribution in [3.63, 3.8) is 0 Å². The summed E-state index contributed by atoms with van der Waals surface area (Å²) in [6.07, 6.45) is 8.30. The van der Waals surface area contributed by atoms with Gasteiger partial charge < -0.3 is 52.4 Å². The molecule has 18 nitrogen and oxygen atoms in total. The maximum Gasteiger partial charge on any atom is 0.472 e. The number of carbonyl (C=O) groups excluding carboxylic acids is 5. The molecule has 1 fully saturated rings. The Morgan fingerprint density at radius 2 is 0.885 bits per heavy atom. The van der Waals surface area contributed by atoms with Gasteiger partial charge in [-0.1, -0.05) is 199 Å². The largest absolute Gasteiger partial charge is 0.487 e. The van der Waals surface area contributed by atoms with Gasteiger partial charge in [-0.25, -0.2) is 28.3 Å². The summed E-state index contributed by atoms with van der Waals surface area (Å²) < 4.78 is 70.6. The molecule has 2 N–H and O–H groups in total. The fraction of sp³-hybridized carbons (Fsp3) is 0.338. The van der Waals surface area contributed by atoms with E-state index in [2.05, 4.69) is 390 Å². The molecule has 5 unspecified atom stereocenters. The van der Waals surface area contributed by atoms with Gasteiger partial charge in [0.25, 0.3) is 0 Å². The maximum atomic E-state index is 11.5. The third-order valence-corrected chi connectivity index (χ3v) is 29.3. The van der Waals surface area contributed by atoms with Gasteiger partial charge in [-0.05, 0) is 235 Å². The Morgan fingerprint density at radius 3 is 1.15 bits per heavy atom. The predicted octanol–water partition coefficient (Wildman–Crippen LogP) is 24.7. The molecule has 39 heteroatoms. The van der Waals surface area contributed by atoms with Gasteiger partial charge in [0.2, 0.25) is 6.29 Å². The number of epoxide rings is 1. The highest BCUT2D eigenvalue weighted by Gasteiger charge is 2.29. The number of rotatable bonds is 33. The SMILES string of the molecule is BrCC1CO1.C=C(C)C(=O)COc1c(Br)c(Br)c(Br)c(Br)c1Br.C=CC(=O)OC(CCl)OP(=O)(O)O.C=CC(=O)OCC(Br)CBr.C=CCOc1c(Br)cc(Br)cc1Br.C=CCOc1c(Br)cc(C(C)(C)c2cc(Br)c(OCC=C)c(Br)c2)cc1Br.O=C(C=CC(=O)OCC(Br)CBr)OCC(Br)CBr. The van der Waals surface area contributed by atoms with Crippen LogP contribution in [0, 0.1) is 0 Å². The molecular formula is C65H67Br19ClO18P. The quantitative estimate of drug-likeness (QED) is 0.00431. The third kappa shape index (κ3) is 46.6. The number of carbonyl (C=O) groups is 5. The van der Waals surface area contributed by atoms with Crippen molar-refractivity contribution in [2.24, 2.45) is 0 Å². The zero-order chi connectivity index (χ0) is 80.2. The zero-order valence-electron chi connectivity index (χ0n) is 54.8. The molecular weight excluding hydrogens is 2650 g/mol. The van der Waals surface area contributed by atoms with E-state index in [-0.39, 0.29) is 57.3 Å². The summed E-state index contributed by atoms with van der Waals surface area (Å²) in [7, 11) is -4.70. The first kappa shape index (κ1) is 107. The minimum atomic E-state index is -4.70. The van der Waals surface area contributed by atoms with Crippen LogP contribution in [-0.2, 0) is 62.2 Å². The first-order valence-electron chi connectivity index (χ1n) is 28.5. The van der Waals surface area contributed by atoms with Gasteiger partial charge in [-0.3, -0.25) is 4.79 Å². The van der Waals surface area contributed by atoms with E-state index in [0.717, 1.165) is 124 Å². The molecule has 0 spiro atoms. The first-order chi connectivity index (χ1) is 48.6. The van der Waals surface area contributed by atoms with Crippen molar-refractivity contribution >= 4 is 352 Å². The number of alkyl halides is 8. The normalized spacial score (nSPS) is 12.9. The van der Waals surface area contributed by atoms with Crippen molar-refractivity contribution < 1.29 is 85.5 Å². The lowest BCUT2D eigenvalue weighted by Gasteiger charge is -2.28. The maximum absolute atomic E-state index is 11.5. The minimum Gasteiger partial charge on any atom is -0.487 e. The van der Waals surface area contributed by atoms with Crippen LogP contribution in [0.3, 0.4) is 0 Å². The van der Waals surface area contributed by atoms with Gasteiger partial charge in [0.1, 0.15) is 56.9 Å². The van der Waals surface area contributed by atoms with Crippen LogP contribution in [0.5, 0.6) is 23.0 Å². The van der Waals surface area contributed by atoms with E-state index in [1.807, 2.05) is 12.1 Å². The lowest BCUT2D eigenvalue weighted by molar-refractivity contribution is -0.156. The fourth-order valence-corrected chi connectivity index (χ4v) is 16.4. The van der Waals surface area contributed by atoms with Crippen LogP contribution in [-0.4, -0.2) is 146 Å². The lowest BCUT2D eigenvalue weighted by Crippen LogP contribution is -2.20. The first-order valence-corrected chi connectivity index (χ1v) is 47.4. The molecule has 5 atom stereocenters. The summed E-state index contributed by atoms with van der Waals surface area (Å²) in [6, 6.07) is 12.2. The number of benzene rings is 4. The molecule has 0 aliphatic carbocycles. The molecule has 0 bridgehead atoms. The minimum absolute atomic E-state index is 0.0486. The Balaban J connectivity index is 0. The molecule has 0 amide bonds. The molecule has 104 heavy (non-hydrogen) atoms. The van der Waals surface area contributed by atoms with E-state index >= 15 is 0 Å². The van der Waals surface area contributed by atoms with E-state index in [1.54, 1.807) is 25.2 Å². The molecule has 0 saturated carbocycles. The number of halogens is 20. The molecule has 5 rings (SSSR count). The van der Waals surface area contributed by atoms with Crippen molar-refractivity contribution in [1.29, 1.82) is 0 Å². The van der Waals surface area contributed by atoms with E-state index in [0.29, 0.717) is 54.5 Å². The van der Waals surface area contributed by atoms with E-state index in [4.69, 9.17) is 59.3 Å². The monoisotopic (exact) mass is 2700 g/mol. The van der Waals surface area contributed by atoms with Crippen molar-refractivity contribution in [1.82, 2.24) is 0 Å². The van der Waals surface area contributed by atoms with Crippen molar-refractivity contribution in [2.75, 3.05) is 80.1 Å². The molecule has 4 aromatic carbocycles. The Labute approximate surface area is 771 Å². The zero-order valence-corrected chi connectivity index (χ0v) is 86.5. The molecule has 1 heterocycles. The number of hydrogen-bond donors (Lipinski definition) is 2. The molecule has 1 aliphatic rings. The lowest BCUT2D eigenvalue weighted by atomic mass is 9.78. The van der Waals surface area contributed by atoms with Crippen LogP contribution >= 0.6 is 322 Å². The van der Waals surface area contributed by atoms with Crippen LogP contribution < -0.4 is 18.9 Å². The highest BCUT2D eigenvalue weighted by atomic mass is 79.9. The van der Waals surface area contributed by atoms with Crippen molar-refractivity contribution in [3.05, 3.63) is 189 Å². The molecule has 4 aromatic rings. The summed E-state index contributed by atoms with van der Waals surface area (Å²) >= 11 is 69.8. The van der Waals surface area contributed by atoms with Crippen molar-refractivity contribution in [2.45, 2.75) is 53.1 Å². The molecule has 1 aliphatic heterocycles. The average Bonchev–Trinajstić information content (AvgIpc) is 0.943. The Bertz CT molecular complexity index is 3370. The van der Waals surface area contributed by atoms with Crippen molar-refractivity contribution in [3.8, 4) is 23.0 Å². The fourth-order valence-electron chi connectivity index (χ4n) is 5.86. The highest BCUT2D eigenvalue weighted by molar-refractivity contribution is 9.16. The van der Waals surface area contributed by atoms with Gasteiger partial charge in [0, 0.05) is 60.0 Å². The number of phosphoric ester groups is 1. The number of ketones is 1. The Hall–Kier alpha value is 1.29. The average molecular weight is 2720 g/mol. The highest BCUT2D eigenvalue weighted by Crippen LogP contribution is 2.49. The molecule has 1 saturated heterocycles. The number of esters is 4. The second kappa shape index (κ2) is 59.9. The van der Waals surface area contributed by atoms with E-state index in [1.165, 1.54) is 0 Å². The van der Waals surface area contributed by atoms with Crippen LogP contribution in [0.2, 0.25) is 0 Å². The Morgan fingerprint density at radius 1 is 0.558 bits per heavy atom. The van der Waals surface area contributed by atoms with E-state index < -0.39 is 32.0 Å². The molecule has 0 aromatic heterocycles. The van der Waals surface area contributed by atoms with Crippen LogP contribution in [0.15, 0.2) is 178 Å². The number of hydrogen-bond acceptors (Lipinski definition) is 16.